The molecule has 0 bridgehead atoms. The van der Waals surface area contributed by atoms with Gasteiger partial charge in [-0.3, -0.25) is 4.79 Å². The van der Waals surface area contributed by atoms with Crippen LogP contribution in [0.4, 0.5) is 0 Å². The highest BCUT2D eigenvalue weighted by Gasteiger charge is 2.29. The summed E-state index contributed by atoms with van der Waals surface area (Å²) in [5.41, 5.74) is 5.40. The molecular formula is C12H22N2OS. The van der Waals surface area contributed by atoms with E-state index >= 15 is 0 Å². The van der Waals surface area contributed by atoms with E-state index in [1.165, 1.54) is 12.8 Å². The van der Waals surface area contributed by atoms with Crippen molar-refractivity contribution < 1.29 is 4.79 Å². The van der Waals surface area contributed by atoms with Crippen LogP contribution in [0, 0.1) is 11.8 Å². The Morgan fingerprint density at radius 3 is 2.75 bits per heavy atom. The number of hydrogen-bond donors (Lipinski definition) is 2. The summed E-state index contributed by atoms with van der Waals surface area (Å²) in [5, 5.41) is 3.01. The monoisotopic (exact) mass is 242 g/mol. The van der Waals surface area contributed by atoms with E-state index in [1.54, 1.807) is 0 Å². The fourth-order valence-electron chi connectivity index (χ4n) is 2.30. The van der Waals surface area contributed by atoms with Crippen molar-refractivity contribution >= 4 is 23.1 Å². The number of amides is 1. The molecule has 0 aliphatic heterocycles. The third kappa shape index (κ3) is 4.47. The Labute approximate surface area is 103 Å². The molecule has 0 aromatic heterocycles. The Hall–Kier alpha value is -0.640. The molecule has 0 spiro atoms. The van der Waals surface area contributed by atoms with Gasteiger partial charge in [0, 0.05) is 12.5 Å². The molecule has 4 heteroatoms. The summed E-state index contributed by atoms with van der Waals surface area (Å²) < 4.78 is 0. The van der Waals surface area contributed by atoms with E-state index in [-0.39, 0.29) is 11.8 Å². The highest BCUT2D eigenvalue weighted by molar-refractivity contribution is 7.80. The quantitative estimate of drug-likeness (QED) is 0.553. The molecule has 2 atom stereocenters. The second-order valence-electron chi connectivity index (χ2n) is 4.73. The first-order chi connectivity index (χ1) is 7.61. The van der Waals surface area contributed by atoms with Gasteiger partial charge >= 0.3 is 0 Å². The predicted octanol–water partition coefficient (Wildman–Crippen LogP) is 2.00. The molecule has 1 saturated carbocycles. The highest BCUT2D eigenvalue weighted by atomic mass is 32.1. The maximum Gasteiger partial charge on any atom is 0.223 e. The van der Waals surface area contributed by atoms with E-state index in [9.17, 15) is 4.79 Å². The number of nitrogens with one attached hydrogen (secondary N) is 1. The van der Waals surface area contributed by atoms with Crippen LogP contribution in [-0.2, 0) is 4.79 Å². The van der Waals surface area contributed by atoms with Crippen molar-refractivity contribution in [1.29, 1.82) is 0 Å². The molecule has 0 aromatic carbocycles. The van der Waals surface area contributed by atoms with Gasteiger partial charge in [0.25, 0.3) is 0 Å². The van der Waals surface area contributed by atoms with Gasteiger partial charge < -0.3 is 11.1 Å². The van der Waals surface area contributed by atoms with Gasteiger partial charge in [-0.15, -0.1) is 0 Å². The predicted molar refractivity (Wildman–Crippen MR) is 70.2 cm³/mol. The zero-order valence-corrected chi connectivity index (χ0v) is 10.8. The maximum absolute atomic E-state index is 11.8. The zero-order valence-electron chi connectivity index (χ0n) is 10.00. The van der Waals surface area contributed by atoms with Gasteiger partial charge in [-0.05, 0) is 38.0 Å². The van der Waals surface area contributed by atoms with Crippen molar-refractivity contribution in [1.82, 2.24) is 5.32 Å². The van der Waals surface area contributed by atoms with Gasteiger partial charge in [0.1, 0.15) is 0 Å². The highest BCUT2D eigenvalue weighted by Crippen LogP contribution is 2.31. The van der Waals surface area contributed by atoms with E-state index in [4.69, 9.17) is 18.0 Å². The second kappa shape index (κ2) is 6.84. The summed E-state index contributed by atoms with van der Waals surface area (Å²) in [5.74, 6) is 1.03. The minimum absolute atomic E-state index is 0.236. The molecule has 2 unspecified atom stereocenters. The third-order valence-electron chi connectivity index (χ3n) is 3.35. The Morgan fingerprint density at radius 2 is 2.19 bits per heavy atom. The van der Waals surface area contributed by atoms with E-state index in [1.807, 2.05) is 0 Å². The molecule has 1 rings (SSSR count). The Bertz CT molecular complexity index is 255. The van der Waals surface area contributed by atoms with Crippen LogP contribution in [0.25, 0.3) is 0 Å². The van der Waals surface area contributed by atoms with Crippen LogP contribution in [0.2, 0.25) is 0 Å². The Morgan fingerprint density at radius 1 is 1.44 bits per heavy atom. The molecule has 0 aromatic rings. The van der Waals surface area contributed by atoms with Gasteiger partial charge in [-0.2, -0.15) is 0 Å². The van der Waals surface area contributed by atoms with Gasteiger partial charge in [-0.25, -0.2) is 0 Å². The van der Waals surface area contributed by atoms with Crippen molar-refractivity contribution in [3.63, 3.8) is 0 Å². The minimum Gasteiger partial charge on any atom is -0.393 e. The smallest absolute Gasteiger partial charge is 0.223 e. The lowest BCUT2D eigenvalue weighted by Gasteiger charge is -2.14. The number of hydrogen-bond acceptors (Lipinski definition) is 2. The molecule has 92 valence electrons. The number of unbranched alkanes of at least 4 members (excludes halogenated alkanes) is 1. The summed E-state index contributed by atoms with van der Waals surface area (Å²) in [6.45, 7) is 2.93. The van der Waals surface area contributed by atoms with E-state index < -0.39 is 0 Å². The second-order valence-corrected chi connectivity index (χ2v) is 5.25. The van der Waals surface area contributed by atoms with Crippen molar-refractivity contribution in [3.8, 4) is 0 Å². The summed E-state index contributed by atoms with van der Waals surface area (Å²) in [6.07, 6.45) is 6.16. The largest absolute Gasteiger partial charge is 0.393 e. The number of thiocarbonyl (C=S) groups is 1. The Kier molecular flexibility index (Phi) is 5.74. The van der Waals surface area contributed by atoms with Gasteiger partial charge in [-0.1, -0.05) is 25.6 Å². The summed E-state index contributed by atoms with van der Waals surface area (Å²) in [7, 11) is 0. The molecule has 1 amide bonds. The molecule has 1 aliphatic rings. The van der Waals surface area contributed by atoms with Crippen LogP contribution in [0.1, 0.15) is 45.4 Å². The van der Waals surface area contributed by atoms with Crippen molar-refractivity contribution in [2.24, 2.45) is 17.6 Å². The lowest BCUT2D eigenvalue weighted by atomic mass is 9.97. The molecule has 3 nitrogen and oxygen atoms in total. The molecular weight excluding hydrogens is 220 g/mol. The van der Waals surface area contributed by atoms with Gasteiger partial charge in [0.2, 0.25) is 5.91 Å². The van der Waals surface area contributed by atoms with Crippen molar-refractivity contribution in [2.45, 2.75) is 45.4 Å². The van der Waals surface area contributed by atoms with Crippen LogP contribution < -0.4 is 11.1 Å². The van der Waals surface area contributed by atoms with Crippen LogP contribution in [0.15, 0.2) is 0 Å². The van der Waals surface area contributed by atoms with Crippen LogP contribution in [-0.4, -0.2) is 17.4 Å². The first-order valence-corrected chi connectivity index (χ1v) is 6.58. The first kappa shape index (κ1) is 13.4. The number of rotatable bonds is 6. The molecule has 1 aliphatic carbocycles. The molecule has 3 N–H and O–H groups in total. The maximum atomic E-state index is 11.8. The summed E-state index contributed by atoms with van der Waals surface area (Å²) in [4.78, 5) is 12.4. The van der Waals surface area contributed by atoms with E-state index in [0.717, 1.165) is 32.2 Å². The zero-order chi connectivity index (χ0) is 12.0. The number of carbonyl (C=O) groups excluding carboxylic acids is 1. The lowest BCUT2D eigenvalue weighted by Crippen LogP contribution is -2.32. The average Bonchev–Trinajstić information content (AvgIpc) is 2.63. The van der Waals surface area contributed by atoms with Crippen LogP contribution in [0.5, 0.6) is 0 Å². The first-order valence-electron chi connectivity index (χ1n) is 6.17. The number of carbonyl (C=O) groups is 1. The van der Waals surface area contributed by atoms with Crippen molar-refractivity contribution in [2.75, 3.05) is 6.54 Å². The fourth-order valence-corrected chi connectivity index (χ4v) is 2.45. The molecule has 0 saturated heterocycles. The standard InChI is InChI=1S/C12H22N2OS/c1-9-5-4-6-10(9)12(15)14-8-3-2-7-11(13)16/h9-10H,2-8H2,1H3,(H2,13,16)(H,14,15). The number of nitrogens with two attached hydrogens (primary N) is 1. The topological polar surface area (TPSA) is 55.1 Å². The molecule has 0 radical (unpaired) electrons. The molecule has 0 heterocycles. The van der Waals surface area contributed by atoms with Gasteiger partial charge in [0.15, 0.2) is 0 Å². The van der Waals surface area contributed by atoms with Gasteiger partial charge in [0.05, 0.1) is 4.99 Å². The summed E-state index contributed by atoms with van der Waals surface area (Å²) >= 11 is 4.79. The lowest BCUT2D eigenvalue weighted by molar-refractivity contribution is -0.125. The fraction of sp³-hybridized carbons (Fsp3) is 0.833. The summed E-state index contributed by atoms with van der Waals surface area (Å²) in [6, 6.07) is 0. The van der Waals surface area contributed by atoms with Crippen molar-refractivity contribution in [3.05, 3.63) is 0 Å². The Balaban J connectivity index is 2.08. The molecule has 1 fully saturated rings. The van der Waals surface area contributed by atoms with E-state index in [2.05, 4.69) is 12.2 Å². The van der Waals surface area contributed by atoms with E-state index in [0.29, 0.717) is 10.9 Å². The SMILES string of the molecule is CC1CCCC1C(=O)NCCCCC(N)=S. The minimum atomic E-state index is 0.236. The van der Waals surface area contributed by atoms with Crippen LogP contribution in [0.3, 0.4) is 0 Å². The average molecular weight is 242 g/mol. The molecule has 16 heavy (non-hydrogen) atoms. The normalized spacial score (nSPS) is 24.3. The van der Waals surface area contributed by atoms with Crippen LogP contribution >= 0.6 is 12.2 Å². The third-order valence-corrected chi connectivity index (χ3v) is 3.55.